The number of piperidine rings is 1. The van der Waals surface area contributed by atoms with Gasteiger partial charge in [-0.15, -0.1) is 0 Å². The molecule has 144 valence electrons. The topological polar surface area (TPSA) is 63.7 Å². The molecule has 1 fully saturated rings. The number of halogens is 1. The van der Waals surface area contributed by atoms with Gasteiger partial charge in [0, 0.05) is 11.6 Å². The van der Waals surface area contributed by atoms with Crippen molar-refractivity contribution in [3.05, 3.63) is 64.7 Å². The third kappa shape index (κ3) is 4.03. The van der Waals surface area contributed by atoms with Crippen molar-refractivity contribution < 1.29 is 17.9 Å². The van der Waals surface area contributed by atoms with Crippen LogP contribution in [0, 0.1) is 12.8 Å². The van der Waals surface area contributed by atoms with Crippen LogP contribution in [-0.4, -0.2) is 32.3 Å². The van der Waals surface area contributed by atoms with E-state index in [9.17, 15) is 13.2 Å². The van der Waals surface area contributed by atoms with Crippen LogP contribution in [0.4, 0.5) is 0 Å². The van der Waals surface area contributed by atoms with E-state index in [2.05, 4.69) is 0 Å². The van der Waals surface area contributed by atoms with Crippen molar-refractivity contribution >= 4 is 27.6 Å². The number of rotatable bonds is 4. The third-order valence-electron chi connectivity index (χ3n) is 5.00. The molecule has 0 saturated carbocycles. The quantitative estimate of drug-likeness (QED) is 0.719. The van der Waals surface area contributed by atoms with E-state index in [1.807, 2.05) is 12.1 Å². The highest BCUT2D eigenvalue weighted by molar-refractivity contribution is 7.89. The summed E-state index contributed by atoms with van der Waals surface area (Å²) in [5, 5.41) is 0.529. The van der Waals surface area contributed by atoms with Crippen molar-refractivity contribution in [2.75, 3.05) is 13.7 Å². The van der Waals surface area contributed by atoms with Crippen LogP contribution in [0.1, 0.15) is 30.0 Å². The Balaban J connectivity index is 2.04. The van der Waals surface area contributed by atoms with Crippen molar-refractivity contribution in [1.82, 2.24) is 4.31 Å². The first-order valence-electron chi connectivity index (χ1n) is 8.75. The molecule has 0 unspecified atom stereocenters. The van der Waals surface area contributed by atoms with Gasteiger partial charge in [0.05, 0.1) is 24.0 Å². The Bertz CT molecular complexity index is 945. The van der Waals surface area contributed by atoms with Crippen molar-refractivity contribution in [1.29, 1.82) is 0 Å². The fourth-order valence-electron chi connectivity index (χ4n) is 3.60. The average molecular weight is 408 g/mol. The lowest BCUT2D eigenvalue weighted by Gasteiger charge is -2.38. The summed E-state index contributed by atoms with van der Waals surface area (Å²) in [6.45, 7) is 2.02. The van der Waals surface area contributed by atoms with Gasteiger partial charge in [0.25, 0.3) is 0 Å². The molecule has 0 spiro atoms. The van der Waals surface area contributed by atoms with Crippen molar-refractivity contribution in [3.63, 3.8) is 0 Å². The summed E-state index contributed by atoms with van der Waals surface area (Å²) < 4.78 is 33.2. The highest BCUT2D eigenvalue weighted by Gasteiger charge is 2.40. The van der Waals surface area contributed by atoms with E-state index >= 15 is 0 Å². The minimum absolute atomic E-state index is 0.244. The molecular weight excluding hydrogens is 386 g/mol. The summed E-state index contributed by atoms with van der Waals surface area (Å²) >= 11 is 6.13. The van der Waals surface area contributed by atoms with Crippen LogP contribution in [0.2, 0.25) is 5.02 Å². The Morgan fingerprint density at radius 1 is 1.19 bits per heavy atom. The van der Waals surface area contributed by atoms with Gasteiger partial charge in [-0.2, -0.15) is 4.31 Å². The average Bonchev–Trinajstić information content (AvgIpc) is 2.67. The third-order valence-corrected chi connectivity index (χ3v) is 7.31. The summed E-state index contributed by atoms with van der Waals surface area (Å²) in [5.41, 5.74) is 1.46. The van der Waals surface area contributed by atoms with Gasteiger partial charge in [-0.1, -0.05) is 41.9 Å². The predicted octanol–water partition coefficient (Wildman–Crippen LogP) is 3.96. The molecule has 2 aromatic rings. The molecule has 0 bridgehead atoms. The number of hydrogen-bond acceptors (Lipinski definition) is 4. The molecule has 27 heavy (non-hydrogen) atoms. The Kier molecular flexibility index (Phi) is 5.89. The SMILES string of the molecule is COC(=O)[C@@H]1CCN(S(=O)(=O)c2ccccc2C)[C@H](c2cccc(Cl)c2)C1. The highest BCUT2D eigenvalue weighted by Crippen LogP contribution is 2.39. The standard InChI is InChI=1S/C20H22ClNO4S/c1-14-6-3-4-9-19(14)27(24,25)22-11-10-16(20(23)26-2)13-18(22)15-7-5-8-17(21)12-15/h3-9,12,16,18H,10-11,13H2,1-2H3/t16-,18+/m1/s1. The lowest BCUT2D eigenvalue weighted by molar-refractivity contribution is -0.147. The Labute approximate surface area is 165 Å². The minimum atomic E-state index is -3.72. The molecule has 3 rings (SSSR count). The number of benzene rings is 2. The number of esters is 1. The molecule has 0 N–H and O–H groups in total. The zero-order valence-electron chi connectivity index (χ0n) is 15.3. The normalized spacial score (nSPS) is 21.0. The Morgan fingerprint density at radius 3 is 2.59 bits per heavy atom. The predicted molar refractivity (Wildman–Crippen MR) is 104 cm³/mol. The lowest BCUT2D eigenvalue weighted by atomic mass is 9.89. The highest BCUT2D eigenvalue weighted by atomic mass is 35.5. The largest absolute Gasteiger partial charge is 0.469 e. The maximum absolute atomic E-state index is 13.4. The van der Waals surface area contributed by atoms with Gasteiger partial charge in [0.15, 0.2) is 0 Å². The van der Waals surface area contributed by atoms with E-state index in [1.54, 1.807) is 43.3 Å². The van der Waals surface area contributed by atoms with Crippen LogP contribution in [0.25, 0.3) is 0 Å². The van der Waals surface area contributed by atoms with E-state index in [0.29, 0.717) is 23.4 Å². The number of hydrogen-bond donors (Lipinski definition) is 0. The summed E-state index contributed by atoms with van der Waals surface area (Å²) in [6, 6.07) is 13.6. The maximum atomic E-state index is 13.4. The van der Waals surface area contributed by atoms with Crippen LogP contribution in [-0.2, 0) is 19.6 Å². The van der Waals surface area contributed by atoms with Gasteiger partial charge in [-0.25, -0.2) is 8.42 Å². The fourth-order valence-corrected chi connectivity index (χ4v) is 5.67. The van der Waals surface area contributed by atoms with Crippen molar-refractivity contribution in [3.8, 4) is 0 Å². The number of carbonyl (C=O) groups is 1. The number of ether oxygens (including phenoxy) is 1. The first-order chi connectivity index (χ1) is 12.8. The van der Waals surface area contributed by atoms with Crippen LogP contribution < -0.4 is 0 Å². The van der Waals surface area contributed by atoms with E-state index in [1.165, 1.54) is 11.4 Å². The summed E-state index contributed by atoms with van der Waals surface area (Å²) in [7, 11) is -2.37. The molecule has 1 aliphatic heterocycles. The van der Waals surface area contributed by atoms with Gasteiger partial charge in [0.2, 0.25) is 10.0 Å². The first kappa shape index (κ1) is 19.9. The molecule has 0 aromatic heterocycles. The van der Waals surface area contributed by atoms with Crippen molar-refractivity contribution in [2.24, 2.45) is 5.92 Å². The van der Waals surface area contributed by atoms with Gasteiger partial charge in [-0.05, 0) is 49.1 Å². The molecule has 2 aromatic carbocycles. The summed E-state index contributed by atoms with van der Waals surface area (Å²) in [4.78, 5) is 12.4. The monoisotopic (exact) mass is 407 g/mol. The number of nitrogens with zero attached hydrogens (tertiary/aromatic N) is 1. The molecule has 7 heteroatoms. The second kappa shape index (κ2) is 8.00. The fraction of sp³-hybridized carbons (Fsp3) is 0.350. The van der Waals surface area contributed by atoms with Crippen molar-refractivity contribution in [2.45, 2.75) is 30.7 Å². The van der Waals surface area contributed by atoms with Crippen LogP contribution >= 0.6 is 11.6 Å². The van der Waals surface area contributed by atoms with E-state index < -0.39 is 16.1 Å². The lowest BCUT2D eigenvalue weighted by Crippen LogP contribution is -2.43. The van der Waals surface area contributed by atoms with Crippen LogP contribution in [0.15, 0.2) is 53.4 Å². The maximum Gasteiger partial charge on any atom is 0.308 e. The Hall–Kier alpha value is -1.89. The molecule has 0 aliphatic carbocycles. The molecule has 0 amide bonds. The molecule has 1 heterocycles. The zero-order valence-corrected chi connectivity index (χ0v) is 16.8. The van der Waals surface area contributed by atoms with Crippen LogP contribution in [0.3, 0.4) is 0 Å². The van der Waals surface area contributed by atoms with Gasteiger partial charge >= 0.3 is 5.97 Å². The van der Waals surface area contributed by atoms with E-state index in [0.717, 1.165) is 5.56 Å². The number of aryl methyl sites for hydroxylation is 1. The molecule has 1 saturated heterocycles. The van der Waals surface area contributed by atoms with Crippen LogP contribution in [0.5, 0.6) is 0 Å². The zero-order chi connectivity index (χ0) is 19.6. The van der Waals surface area contributed by atoms with Gasteiger partial charge in [0.1, 0.15) is 0 Å². The van der Waals surface area contributed by atoms with Gasteiger partial charge < -0.3 is 4.74 Å². The summed E-state index contributed by atoms with van der Waals surface area (Å²) in [6.07, 6.45) is 0.785. The minimum Gasteiger partial charge on any atom is -0.469 e. The Morgan fingerprint density at radius 2 is 1.93 bits per heavy atom. The first-order valence-corrected chi connectivity index (χ1v) is 10.6. The molecule has 5 nitrogen and oxygen atoms in total. The second-order valence-corrected chi connectivity index (χ2v) is 8.99. The number of sulfonamides is 1. The van der Waals surface area contributed by atoms with Gasteiger partial charge in [-0.3, -0.25) is 4.79 Å². The molecule has 1 aliphatic rings. The molecular formula is C20H22ClNO4S. The summed E-state index contributed by atoms with van der Waals surface area (Å²) in [5.74, 6) is -0.655. The second-order valence-electron chi connectivity index (χ2n) is 6.70. The van der Waals surface area contributed by atoms with E-state index in [4.69, 9.17) is 16.3 Å². The number of methoxy groups -OCH3 is 1. The molecule has 0 radical (unpaired) electrons. The smallest absolute Gasteiger partial charge is 0.308 e. The molecule has 2 atom stereocenters. The van der Waals surface area contributed by atoms with E-state index in [-0.39, 0.29) is 23.3 Å². The number of carbonyl (C=O) groups excluding carboxylic acids is 1.